The third-order valence-electron chi connectivity index (χ3n) is 4.64. The number of piperidine rings is 1. The molecule has 1 aromatic carbocycles. The Labute approximate surface area is 167 Å². The largest absolute Gasteiger partial charge is 0.355 e. The van der Waals surface area contributed by atoms with Gasteiger partial charge in [-0.3, -0.25) is 4.57 Å². The Hall–Kier alpha value is -0.760. The van der Waals surface area contributed by atoms with E-state index < -0.39 is 7.60 Å². The van der Waals surface area contributed by atoms with Crippen LogP contribution in [0.1, 0.15) is 12.8 Å². The van der Waals surface area contributed by atoms with Gasteiger partial charge in [0, 0.05) is 27.6 Å². The average Bonchev–Trinajstić information content (AvgIpc) is 2.91. The molecule has 4 rings (SSSR count). The van der Waals surface area contributed by atoms with Gasteiger partial charge in [0.1, 0.15) is 0 Å². The van der Waals surface area contributed by atoms with Gasteiger partial charge in [0.2, 0.25) is 5.28 Å². The summed E-state index contributed by atoms with van der Waals surface area (Å²) in [6.45, 7) is 1.40. The molecule has 1 aliphatic rings. The molecular formula is C16H16BrClN3O3PS. The number of hydrogen-bond acceptors (Lipinski definition) is 5. The lowest BCUT2D eigenvalue weighted by molar-refractivity contribution is 0.346. The molecule has 2 aromatic heterocycles. The first-order chi connectivity index (χ1) is 12.3. The Balaban J connectivity index is 1.69. The van der Waals surface area contributed by atoms with E-state index >= 15 is 0 Å². The minimum absolute atomic E-state index is 0.0400. The highest BCUT2D eigenvalue weighted by atomic mass is 79.9. The second-order valence-corrected chi connectivity index (χ2v) is 10.5. The minimum atomic E-state index is -3.97. The summed E-state index contributed by atoms with van der Waals surface area (Å²) in [4.78, 5) is 29.4. The van der Waals surface area contributed by atoms with Crippen LogP contribution in [-0.2, 0) is 4.57 Å². The van der Waals surface area contributed by atoms with Crippen LogP contribution in [0.3, 0.4) is 0 Å². The molecule has 0 atom stereocenters. The van der Waals surface area contributed by atoms with Crippen molar-refractivity contribution < 1.29 is 14.4 Å². The number of benzene rings is 1. The number of fused-ring (bicyclic) bond motifs is 3. The third kappa shape index (κ3) is 3.77. The molecule has 0 amide bonds. The van der Waals surface area contributed by atoms with E-state index in [0.29, 0.717) is 13.1 Å². The number of aromatic nitrogens is 2. The van der Waals surface area contributed by atoms with Crippen LogP contribution in [0.4, 0.5) is 5.82 Å². The molecule has 138 valence electrons. The summed E-state index contributed by atoms with van der Waals surface area (Å²) >= 11 is 11.3. The van der Waals surface area contributed by atoms with Crippen molar-refractivity contribution in [1.29, 1.82) is 0 Å². The fourth-order valence-corrected chi connectivity index (χ4v) is 6.16. The summed E-state index contributed by atoms with van der Waals surface area (Å²) < 4.78 is 14.3. The zero-order chi connectivity index (χ0) is 18.5. The molecule has 1 saturated heterocycles. The number of halogens is 2. The first-order valence-electron chi connectivity index (χ1n) is 8.15. The van der Waals surface area contributed by atoms with Crippen LogP contribution in [0.2, 0.25) is 5.28 Å². The average molecular weight is 477 g/mol. The van der Waals surface area contributed by atoms with Crippen molar-refractivity contribution in [2.45, 2.75) is 12.8 Å². The van der Waals surface area contributed by atoms with Crippen molar-refractivity contribution in [2.24, 2.45) is 5.92 Å². The minimum Gasteiger partial charge on any atom is -0.355 e. The lowest BCUT2D eigenvalue weighted by Gasteiger charge is -2.33. The highest BCUT2D eigenvalue weighted by molar-refractivity contribution is 9.10. The Morgan fingerprint density at radius 1 is 1.31 bits per heavy atom. The number of thiophene rings is 1. The molecule has 3 aromatic rings. The van der Waals surface area contributed by atoms with Crippen molar-refractivity contribution in [1.82, 2.24) is 9.97 Å². The normalized spacial score (nSPS) is 16.7. The van der Waals surface area contributed by atoms with Gasteiger partial charge in [-0.25, -0.2) is 4.98 Å². The zero-order valence-electron chi connectivity index (χ0n) is 13.6. The van der Waals surface area contributed by atoms with Crippen LogP contribution < -0.4 is 4.90 Å². The van der Waals surface area contributed by atoms with Gasteiger partial charge in [0.25, 0.3) is 0 Å². The van der Waals surface area contributed by atoms with Gasteiger partial charge >= 0.3 is 7.60 Å². The first-order valence-corrected chi connectivity index (χ1v) is 11.9. The molecule has 1 fully saturated rings. The molecule has 0 radical (unpaired) electrons. The van der Waals surface area contributed by atoms with E-state index in [0.717, 1.165) is 43.4 Å². The van der Waals surface area contributed by atoms with E-state index in [2.05, 4.69) is 36.9 Å². The van der Waals surface area contributed by atoms with Crippen molar-refractivity contribution in [3.05, 3.63) is 28.0 Å². The summed E-state index contributed by atoms with van der Waals surface area (Å²) in [5.74, 6) is 0.852. The Morgan fingerprint density at radius 2 is 2.04 bits per heavy atom. The maximum absolute atomic E-state index is 11.2. The van der Waals surface area contributed by atoms with Gasteiger partial charge in [-0.15, -0.1) is 11.3 Å². The molecule has 3 heterocycles. The van der Waals surface area contributed by atoms with Crippen molar-refractivity contribution >= 4 is 72.6 Å². The quantitative estimate of drug-likeness (QED) is 0.422. The molecular weight excluding hydrogens is 461 g/mol. The fourth-order valence-electron chi connectivity index (χ4n) is 3.45. The van der Waals surface area contributed by atoms with E-state index in [4.69, 9.17) is 11.6 Å². The molecule has 26 heavy (non-hydrogen) atoms. The van der Waals surface area contributed by atoms with Gasteiger partial charge in [0.05, 0.1) is 16.4 Å². The van der Waals surface area contributed by atoms with Crippen LogP contribution in [0.5, 0.6) is 0 Å². The van der Waals surface area contributed by atoms with Gasteiger partial charge < -0.3 is 14.7 Å². The van der Waals surface area contributed by atoms with Crippen LogP contribution in [0.25, 0.3) is 20.3 Å². The third-order valence-corrected chi connectivity index (χ3v) is 7.45. The Morgan fingerprint density at radius 3 is 2.73 bits per heavy atom. The van der Waals surface area contributed by atoms with Crippen LogP contribution in [-0.4, -0.2) is 39.0 Å². The van der Waals surface area contributed by atoms with Crippen LogP contribution in [0, 0.1) is 5.92 Å². The Kier molecular flexibility index (Phi) is 5.01. The summed E-state index contributed by atoms with van der Waals surface area (Å²) in [5, 5.41) is 1.26. The topological polar surface area (TPSA) is 86.5 Å². The molecule has 0 unspecified atom stereocenters. The fraction of sp³-hybridized carbons (Fsp3) is 0.375. The predicted molar refractivity (Wildman–Crippen MR) is 109 cm³/mol. The van der Waals surface area contributed by atoms with Crippen LogP contribution in [0.15, 0.2) is 22.7 Å². The molecule has 10 heteroatoms. The SMILES string of the molecule is O=P(O)(O)CC1CCN(c2nc(Cl)nc3c2sc2ccc(Br)cc23)CC1. The maximum atomic E-state index is 11.2. The monoisotopic (exact) mass is 475 g/mol. The van der Waals surface area contributed by atoms with E-state index in [1.165, 1.54) is 0 Å². The standard InChI is InChI=1S/C16H16BrClN3O3PS/c17-10-1-2-12-11(7-10)13-14(26-12)15(20-16(18)19-13)21-5-3-9(4-6-21)8-25(22,23)24/h1-2,7,9H,3-6,8H2,(H2,22,23,24). The van der Waals surface area contributed by atoms with Crippen LogP contribution >= 0.6 is 46.5 Å². The number of hydrogen-bond donors (Lipinski definition) is 2. The van der Waals surface area contributed by atoms with Gasteiger partial charge in [0.15, 0.2) is 5.82 Å². The molecule has 0 bridgehead atoms. The van der Waals surface area contributed by atoms with E-state index in [1.54, 1.807) is 11.3 Å². The highest BCUT2D eigenvalue weighted by Crippen LogP contribution is 2.42. The van der Waals surface area contributed by atoms with Gasteiger partial charge in [-0.1, -0.05) is 15.9 Å². The highest BCUT2D eigenvalue weighted by Gasteiger charge is 2.28. The van der Waals surface area contributed by atoms with Gasteiger partial charge in [-0.2, -0.15) is 4.98 Å². The number of anilines is 1. The number of rotatable bonds is 3. The second-order valence-electron chi connectivity index (χ2n) is 6.51. The van der Waals surface area contributed by atoms with E-state index in [1.807, 2.05) is 12.1 Å². The molecule has 0 aliphatic carbocycles. The molecule has 0 spiro atoms. The molecule has 2 N–H and O–H groups in total. The molecule has 0 saturated carbocycles. The second kappa shape index (κ2) is 7.00. The van der Waals surface area contributed by atoms with Crippen molar-refractivity contribution in [2.75, 3.05) is 24.2 Å². The summed E-state index contributed by atoms with van der Waals surface area (Å²) in [7, 11) is -3.97. The summed E-state index contributed by atoms with van der Waals surface area (Å²) in [5.41, 5.74) is 0.846. The van der Waals surface area contributed by atoms with Crippen molar-refractivity contribution in [3.8, 4) is 0 Å². The Bertz CT molecular complexity index is 1030. The summed E-state index contributed by atoms with van der Waals surface area (Å²) in [6, 6.07) is 6.09. The smallest absolute Gasteiger partial charge is 0.325 e. The predicted octanol–water partition coefficient (Wildman–Crippen LogP) is 4.65. The van der Waals surface area contributed by atoms with E-state index in [-0.39, 0.29) is 17.4 Å². The van der Waals surface area contributed by atoms with Crippen molar-refractivity contribution in [3.63, 3.8) is 0 Å². The lowest BCUT2D eigenvalue weighted by Crippen LogP contribution is -2.35. The number of nitrogens with zero attached hydrogens (tertiary/aromatic N) is 3. The zero-order valence-corrected chi connectivity index (χ0v) is 17.7. The maximum Gasteiger partial charge on any atom is 0.325 e. The summed E-state index contributed by atoms with van der Waals surface area (Å²) in [6.07, 6.45) is 1.41. The lowest BCUT2D eigenvalue weighted by atomic mass is 9.99. The first kappa shape index (κ1) is 18.6. The molecule has 1 aliphatic heterocycles. The van der Waals surface area contributed by atoms with Gasteiger partial charge in [-0.05, 0) is 48.6 Å². The molecule has 6 nitrogen and oxygen atoms in total. The van der Waals surface area contributed by atoms with E-state index in [9.17, 15) is 14.4 Å².